The maximum absolute atomic E-state index is 12.8. The number of benzene rings is 2. The molecule has 0 spiro atoms. The number of carbonyl (C=O) groups excluding carboxylic acids is 2. The van der Waals surface area contributed by atoms with Crippen LogP contribution in [0.25, 0.3) is 0 Å². The van der Waals surface area contributed by atoms with E-state index < -0.39 is 23.5 Å². The van der Waals surface area contributed by atoms with Gasteiger partial charge in [-0.05, 0) is 0 Å². The summed E-state index contributed by atoms with van der Waals surface area (Å²) in [7, 11) is 0. The van der Waals surface area contributed by atoms with Crippen LogP contribution in [0.2, 0.25) is 0 Å². The first-order chi connectivity index (χ1) is 10.1. The van der Waals surface area contributed by atoms with Gasteiger partial charge in [0.15, 0.2) is 6.10 Å². The molecular formula is C16H12ClFO3. The van der Waals surface area contributed by atoms with Crippen molar-refractivity contribution in [2.24, 2.45) is 0 Å². The third-order valence-corrected chi connectivity index (χ3v) is 2.99. The molecule has 0 aliphatic heterocycles. The molecule has 0 saturated heterocycles. The zero-order valence-corrected chi connectivity index (χ0v) is 11.7. The lowest BCUT2D eigenvalue weighted by atomic mass is 10.00. The first-order valence-electron chi connectivity index (χ1n) is 6.22. The third-order valence-electron chi connectivity index (χ3n) is 2.81. The van der Waals surface area contributed by atoms with Gasteiger partial charge in [-0.15, -0.1) is 0 Å². The summed E-state index contributed by atoms with van der Waals surface area (Å²) in [6.07, 6.45) is -1.22. The molecule has 0 radical (unpaired) electrons. The van der Waals surface area contributed by atoms with E-state index in [1.54, 1.807) is 60.7 Å². The molecule has 2 aromatic carbocycles. The second-order valence-corrected chi connectivity index (χ2v) is 4.64. The van der Waals surface area contributed by atoms with Crippen LogP contribution in [0.3, 0.4) is 0 Å². The lowest BCUT2D eigenvalue weighted by Gasteiger charge is -2.17. The quantitative estimate of drug-likeness (QED) is 0.481. The highest BCUT2D eigenvalue weighted by molar-refractivity contribution is 6.28. The monoisotopic (exact) mass is 306 g/mol. The summed E-state index contributed by atoms with van der Waals surface area (Å²) in [4.78, 5) is 23.8. The molecule has 3 nitrogen and oxygen atoms in total. The summed E-state index contributed by atoms with van der Waals surface area (Å²) in [6, 6.07) is 16.7. The summed E-state index contributed by atoms with van der Waals surface area (Å²) in [5, 5.41) is 0. The highest BCUT2D eigenvalue weighted by atomic mass is 35.5. The highest BCUT2D eigenvalue weighted by Crippen LogP contribution is 2.23. The molecule has 2 rings (SSSR count). The Morgan fingerprint density at radius 3 is 2.00 bits per heavy atom. The summed E-state index contributed by atoms with van der Waals surface area (Å²) < 4.78 is 17.7. The fourth-order valence-electron chi connectivity index (χ4n) is 1.82. The van der Waals surface area contributed by atoms with Crippen LogP contribution in [0.1, 0.15) is 22.0 Å². The predicted octanol–water partition coefficient (Wildman–Crippen LogP) is 3.69. The van der Waals surface area contributed by atoms with E-state index in [1.807, 2.05) is 0 Å². The molecule has 0 N–H and O–H groups in total. The summed E-state index contributed by atoms with van der Waals surface area (Å²) in [5.41, 5.74) is -1.49. The minimum absolute atomic E-state index is 0.365. The minimum Gasteiger partial charge on any atom is -0.446 e. The van der Waals surface area contributed by atoms with Gasteiger partial charge in [-0.2, -0.15) is 0 Å². The molecule has 108 valence electrons. The number of ether oxygens (including phenoxy) is 1. The molecule has 0 heterocycles. The van der Waals surface area contributed by atoms with Crippen LogP contribution in [0.5, 0.6) is 0 Å². The lowest BCUT2D eigenvalue weighted by molar-refractivity contribution is -0.150. The molecule has 2 atom stereocenters. The standard InChI is InChI=1S/C16H12ClFO3/c17-15(18)16(20)21-14(12-9-5-2-6-10-12)13(19)11-7-3-1-4-8-11/h1-10,14-15H/t14-,15?/m0/s1. The topological polar surface area (TPSA) is 43.4 Å². The van der Waals surface area contributed by atoms with Crippen molar-refractivity contribution < 1.29 is 18.7 Å². The molecular weight excluding hydrogens is 295 g/mol. The molecule has 0 bridgehead atoms. The van der Waals surface area contributed by atoms with Crippen LogP contribution in [0.15, 0.2) is 60.7 Å². The van der Waals surface area contributed by atoms with Crippen LogP contribution >= 0.6 is 11.6 Å². The molecule has 21 heavy (non-hydrogen) atoms. The number of rotatable bonds is 5. The van der Waals surface area contributed by atoms with E-state index in [0.29, 0.717) is 11.1 Å². The van der Waals surface area contributed by atoms with Gasteiger partial charge in [0.25, 0.3) is 5.63 Å². The number of halogens is 2. The number of Topliss-reactive ketones (excluding diaryl/α,β-unsaturated/α-hetero) is 1. The van der Waals surface area contributed by atoms with Crippen molar-refractivity contribution in [3.63, 3.8) is 0 Å². The van der Waals surface area contributed by atoms with Gasteiger partial charge in [0.05, 0.1) is 0 Å². The van der Waals surface area contributed by atoms with Gasteiger partial charge in [0, 0.05) is 11.1 Å². The van der Waals surface area contributed by atoms with E-state index in [0.717, 1.165) is 0 Å². The average Bonchev–Trinajstić information content (AvgIpc) is 2.53. The van der Waals surface area contributed by atoms with Gasteiger partial charge in [-0.25, -0.2) is 9.18 Å². The maximum atomic E-state index is 12.8. The predicted molar refractivity (Wildman–Crippen MR) is 76.8 cm³/mol. The van der Waals surface area contributed by atoms with E-state index in [1.165, 1.54) is 0 Å². The smallest absolute Gasteiger partial charge is 0.357 e. The van der Waals surface area contributed by atoms with Crippen molar-refractivity contribution in [3.8, 4) is 0 Å². The number of hydrogen-bond donors (Lipinski definition) is 0. The molecule has 0 aliphatic carbocycles. The Bertz CT molecular complexity index is 614. The highest BCUT2D eigenvalue weighted by Gasteiger charge is 2.28. The van der Waals surface area contributed by atoms with Crippen molar-refractivity contribution in [1.29, 1.82) is 0 Å². The van der Waals surface area contributed by atoms with E-state index in [4.69, 9.17) is 16.3 Å². The van der Waals surface area contributed by atoms with E-state index in [2.05, 4.69) is 0 Å². The van der Waals surface area contributed by atoms with Gasteiger partial charge in [-0.3, -0.25) is 4.79 Å². The first-order valence-corrected chi connectivity index (χ1v) is 6.66. The zero-order chi connectivity index (χ0) is 15.2. The van der Waals surface area contributed by atoms with E-state index >= 15 is 0 Å². The van der Waals surface area contributed by atoms with Crippen molar-refractivity contribution in [1.82, 2.24) is 0 Å². The van der Waals surface area contributed by atoms with Gasteiger partial charge < -0.3 is 4.74 Å². The number of hydrogen-bond acceptors (Lipinski definition) is 3. The molecule has 5 heteroatoms. The largest absolute Gasteiger partial charge is 0.446 e. The fourth-order valence-corrected chi connectivity index (χ4v) is 1.87. The van der Waals surface area contributed by atoms with Crippen molar-refractivity contribution >= 4 is 23.4 Å². The van der Waals surface area contributed by atoms with Crippen LogP contribution < -0.4 is 0 Å². The second kappa shape index (κ2) is 6.99. The Hall–Kier alpha value is -2.20. The van der Waals surface area contributed by atoms with Crippen LogP contribution in [-0.2, 0) is 9.53 Å². The molecule has 2 aromatic rings. The Morgan fingerprint density at radius 2 is 1.48 bits per heavy atom. The van der Waals surface area contributed by atoms with Crippen LogP contribution in [-0.4, -0.2) is 17.4 Å². The van der Waals surface area contributed by atoms with E-state index in [-0.39, 0.29) is 0 Å². The lowest BCUT2D eigenvalue weighted by Crippen LogP contribution is -2.23. The molecule has 0 aromatic heterocycles. The number of esters is 1. The van der Waals surface area contributed by atoms with Gasteiger partial charge in [-0.1, -0.05) is 72.3 Å². The second-order valence-electron chi connectivity index (χ2n) is 4.26. The first kappa shape index (κ1) is 15.2. The SMILES string of the molecule is O=C(O[C@H](C(=O)c1ccccc1)c1ccccc1)C(F)Cl. The Balaban J connectivity index is 2.32. The van der Waals surface area contributed by atoms with Gasteiger partial charge in [0.2, 0.25) is 5.78 Å². The molecule has 0 fully saturated rings. The Morgan fingerprint density at radius 1 is 0.952 bits per heavy atom. The van der Waals surface area contributed by atoms with E-state index in [9.17, 15) is 14.0 Å². The number of ketones is 1. The molecule has 0 saturated carbocycles. The van der Waals surface area contributed by atoms with Crippen LogP contribution in [0, 0.1) is 0 Å². The number of carbonyl (C=O) groups is 2. The Labute approximate surface area is 126 Å². The van der Waals surface area contributed by atoms with Crippen molar-refractivity contribution in [3.05, 3.63) is 71.8 Å². The van der Waals surface area contributed by atoms with Crippen LogP contribution in [0.4, 0.5) is 4.39 Å². The van der Waals surface area contributed by atoms with Gasteiger partial charge in [0.1, 0.15) is 0 Å². The summed E-state index contributed by atoms with van der Waals surface area (Å²) >= 11 is 5.06. The summed E-state index contributed by atoms with van der Waals surface area (Å²) in [6.45, 7) is 0. The third kappa shape index (κ3) is 3.89. The minimum atomic E-state index is -2.31. The maximum Gasteiger partial charge on any atom is 0.357 e. The summed E-state index contributed by atoms with van der Waals surface area (Å²) in [5.74, 6) is -1.72. The molecule has 1 unspecified atom stereocenters. The van der Waals surface area contributed by atoms with Gasteiger partial charge >= 0.3 is 5.97 Å². The normalized spacial score (nSPS) is 13.2. The fraction of sp³-hybridized carbons (Fsp3) is 0.125. The molecule has 0 aliphatic rings. The molecule has 0 amide bonds. The van der Waals surface area contributed by atoms with Crippen molar-refractivity contribution in [2.45, 2.75) is 11.7 Å². The Kier molecular flexibility index (Phi) is 5.06. The average molecular weight is 307 g/mol. The van der Waals surface area contributed by atoms with Crippen molar-refractivity contribution in [2.75, 3.05) is 0 Å². The zero-order valence-electron chi connectivity index (χ0n) is 10.9. The number of alkyl halides is 2.